The van der Waals surface area contributed by atoms with Gasteiger partial charge in [-0.05, 0) is 31.0 Å². The van der Waals surface area contributed by atoms with Crippen molar-refractivity contribution in [3.05, 3.63) is 23.8 Å². The second kappa shape index (κ2) is 6.16. The molecule has 1 rings (SSSR count). The van der Waals surface area contributed by atoms with E-state index in [0.717, 1.165) is 12.0 Å². The highest BCUT2D eigenvalue weighted by molar-refractivity contribution is 5.78. The Balaban J connectivity index is 2.87. The van der Waals surface area contributed by atoms with E-state index in [1.54, 1.807) is 14.0 Å². The molecule has 3 heteroatoms. The summed E-state index contributed by atoms with van der Waals surface area (Å²) in [5.74, 6) is 1.57. The molecule has 88 valence electrons. The van der Waals surface area contributed by atoms with Crippen molar-refractivity contribution in [2.45, 2.75) is 26.7 Å². The van der Waals surface area contributed by atoms with Crippen molar-refractivity contribution >= 4 is 5.78 Å². The lowest BCUT2D eigenvalue weighted by atomic mass is 10.1. The van der Waals surface area contributed by atoms with Crippen LogP contribution in [0.15, 0.2) is 18.2 Å². The zero-order valence-electron chi connectivity index (χ0n) is 10.1. The van der Waals surface area contributed by atoms with Gasteiger partial charge in [0.15, 0.2) is 11.5 Å². The van der Waals surface area contributed by atoms with Gasteiger partial charge in [-0.25, -0.2) is 0 Å². The quantitative estimate of drug-likeness (QED) is 0.742. The third-order valence-corrected chi connectivity index (χ3v) is 2.14. The molecule has 0 heterocycles. The van der Waals surface area contributed by atoms with Crippen LogP contribution in [0.25, 0.3) is 0 Å². The number of hydrogen-bond donors (Lipinski definition) is 0. The monoisotopic (exact) mass is 222 g/mol. The molecule has 1 aromatic carbocycles. The molecule has 0 fully saturated rings. The van der Waals surface area contributed by atoms with Crippen LogP contribution in [-0.4, -0.2) is 19.5 Å². The average molecular weight is 222 g/mol. The van der Waals surface area contributed by atoms with E-state index < -0.39 is 0 Å². The summed E-state index contributed by atoms with van der Waals surface area (Å²) in [5, 5.41) is 0. The van der Waals surface area contributed by atoms with Crippen LogP contribution in [0.3, 0.4) is 0 Å². The normalized spacial score (nSPS) is 9.94. The molecule has 0 amide bonds. The van der Waals surface area contributed by atoms with Crippen molar-refractivity contribution in [1.82, 2.24) is 0 Å². The third kappa shape index (κ3) is 3.57. The molecule has 0 aromatic heterocycles. The standard InChI is InChI=1S/C13H18O3/c1-4-7-16-13-9-11(8-10(2)14)5-6-12(13)15-3/h5-6,9H,4,7-8H2,1-3H3. The van der Waals surface area contributed by atoms with Gasteiger partial charge in [0.1, 0.15) is 5.78 Å². The van der Waals surface area contributed by atoms with Crippen LogP contribution in [0.2, 0.25) is 0 Å². The first-order chi connectivity index (χ1) is 7.67. The van der Waals surface area contributed by atoms with Crippen molar-refractivity contribution in [2.24, 2.45) is 0 Å². The molecule has 0 unspecified atom stereocenters. The van der Waals surface area contributed by atoms with Gasteiger partial charge >= 0.3 is 0 Å². The fourth-order valence-electron chi connectivity index (χ4n) is 1.44. The van der Waals surface area contributed by atoms with Gasteiger partial charge in [0.05, 0.1) is 13.7 Å². The van der Waals surface area contributed by atoms with Crippen LogP contribution in [0.1, 0.15) is 25.8 Å². The summed E-state index contributed by atoms with van der Waals surface area (Å²) in [7, 11) is 1.61. The summed E-state index contributed by atoms with van der Waals surface area (Å²) < 4.78 is 10.8. The Labute approximate surface area is 96.4 Å². The lowest BCUT2D eigenvalue weighted by Crippen LogP contribution is -2.01. The van der Waals surface area contributed by atoms with E-state index in [4.69, 9.17) is 9.47 Å². The number of hydrogen-bond acceptors (Lipinski definition) is 3. The van der Waals surface area contributed by atoms with E-state index >= 15 is 0 Å². The maximum absolute atomic E-state index is 11.0. The number of rotatable bonds is 6. The van der Waals surface area contributed by atoms with Crippen LogP contribution in [0.5, 0.6) is 11.5 Å². The maximum Gasteiger partial charge on any atom is 0.161 e. The molecule has 0 radical (unpaired) electrons. The first-order valence-electron chi connectivity index (χ1n) is 5.46. The summed E-state index contributed by atoms with van der Waals surface area (Å²) in [6, 6.07) is 5.60. The molecule has 0 spiro atoms. The van der Waals surface area contributed by atoms with Gasteiger partial charge in [0.25, 0.3) is 0 Å². The van der Waals surface area contributed by atoms with Crippen molar-refractivity contribution in [3.8, 4) is 11.5 Å². The molecule has 0 aliphatic heterocycles. The molecule has 16 heavy (non-hydrogen) atoms. The Morgan fingerprint density at radius 2 is 2.06 bits per heavy atom. The van der Waals surface area contributed by atoms with E-state index in [-0.39, 0.29) is 5.78 Å². The minimum atomic E-state index is 0.145. The molecular weight excluding hydrogens is 204 g/mol. The predicted octanol–water partition coefficient (Wildman–Crippen LogP) is 2.62. The Hall–Kier alpha value is -1.51. The molecule has 0 saturated heterocycles. The summed E-state index contributed by atoms with van der Waals surface area (Å²) in [6.45, 7) is 4.28. The van der Waals surface area contributed by atoms with E-state index in [1.165, 1.54) is 0 Å². The zero-order chi connectivity index (χ0) is 12.0. The van der Waals surface area contributed by atoms with Crippen LogP contribution >= 0.6 is 0 Å². The van der Waals surface area contributed by atoms with Crippen LogP contribution < -0.4 is 9.47 Å². The van der Waals surface area contributed by atoms with Crippen LogP contribution in [0.4, 0.5) is 0 Å². The first-order valence-corrected chi connectivity index (χ1v) is 5.46. The van der Waals surface area contributed by atoms with E-state index in [2.05, 4.69) is 0 Å². The number of methoxy groups -OCH3 is 1. The highest BCUT2D eigenvalue weighted by Crippen LogP contribution is 2.28. The largest absolute Gasteiger partial charge is 0.493 e. The van der Waals surface area contributed by atoms with Gasteiger partial charge in [-0.2, -0.15) is 0 Å². The fourth-order valence-corrected chi connectivity index (χ4v) is 1.44. The minimum Gasteiger partial charge on any atom is -0.493 e. The van der Waals surface area contributed by atoms with Gasteiger partial charge in [-0.3, -0.25) is 4.79 Å². The number of carbonyl (C=O) groups is 1. The molecule has 1 aromatic rings. The molecule has 0 saturated carbocycles. The molecule has 0 atom stereocenters. The number of Topliss-reactive ketones (excluding diaryl/α,β-unsaturated/α-hetero) is 1. The van der Waals surface area contributed by atoms with Gasteiger partial charge in [-0.15, -0.1) is 0 Å². The Bertz CT molecular complexity index is 358. The zero-order valence-corrected chi connectivity index (χ0v) is 10.1. The van der Waals surface area contributed by atoms with E-state index in [1.807, 2.05) is 25.1 Å². The van der Waals surface area contributed by atoms with Crippen molar-refractivity contribution in [1.29, 1.82) is 0 Å². The van der Waals surface area contributed by atoms with Crippen molar-refractivity contribution in [3.63, 3.8) is 0 Å². The topological polar surface area (TPSA) is 35.5 Å². The van der Waals surface area contributed by atoms with Crippen LogP contribution in [0, 0.1) is 0 Å². The molecule has 0 aliphatic rings. The van der Waals surface area contributed by atoms with Crippen molar-refractivity contribution < 1.29 is 14.3 Å². The molecule has 0 N–H and O–H groups in total. The number of benzene rings is 1. The molecule has 0 aliphatic carbocycles. The SMILES string of the molecule is CCCOc1cc(CC(C)=O)ccc1OC. The summed E-state index contributed by atoms with van der Waals surface area (Å²) in [4.78, 5) is 11.0. The average Bonchev–Trinajstić information content (AvgIpc) is 2.25. The Kier molecular flexibility index (Phi) is 4.83. The highest BCUT2D eigenvalue weighted by atomic mass is 16.5. The maximum atomic E-state index is 11.0. The van der Waals surface area contributed by atoms with Gasteiger partial charge < -0.3 is 9.47 Å². The predicted molar refractivity (Wildman–Crippen MR) is 63.2 cm³/mol. The number of ketones is 1. The lowest BCUT2D eigenvalue weighted by molar-refractivity contribution is -0.116. The highest BCUT2D eigenvalue weighted by Gasteiger charge is 2.06. The fraction of sp³-hybridized carbons (Fsp3) is 0.462. The second-order valence-electron chi connectivity index (χ2n) is 3.71. The van der Waals surface area contributed by atoms with Gasteiger partial charge in [0, 0.05) is 6.42 Å². The summed E-state index contributed by atoms with van der Waals surface area (Å²) in [5.41, 5.74) is 0.958. The summed E-state index contributed by atoms with van der Waals surface area (Å²) in [6.07, 6.45) is 1.38. The van der Waals surface area contributed by atoms with Crippen molar-refractivity contribution in [2.75, 3.05) is 13.7 Å². The van der Waals surface area contributed by atoms with E-state index in [9.17, 15) is 4.79 Å². The second-order valence-corrected chi connectivity index (χ2v) is 3.71. The Morgan fingerprint density at radius 3 is 2.62 bits per heavy atom. The smallest absolute Gasteiger partial charge is 0.161 e. The molecule has 3 nitrogen and oxygen atoms in total. The summed E-state index contributed by atoms with van der Waals surface area (Å²) >= 11 is 0. The minimum absolute atomic E-state index is 0.145. The molecular formula is C13H18O3. The third-order valence-electron chi connectivity index (χ3n) is 2.14. The van der Waals surface area contributed by atoms with Gasteiger partial charge in [0.2, 0.25) is 0 Å². The van der Waals surface area contributed by atoms with E-state index in [0.29, 0.717) is 24.5 Å². The molecule has 0 bridgehead atoms. The number of carbonyl (C=O) groups excluding carboxylic acids is 1. The van der Waals surface area contributed by atoms with Gasteiger partial charge in [-0.1, -0.05) is 13.0 Å². The first kappa shape index (κ1) is 12.6. The Morgan fingerprint density at radius 1 is 1.31 bits per heavy atom. The number of ether oxygens (including phenoxy) is 2. The lowest BCUT2D eigenvalue weighted by Gasteiger charge is -2.11. The van der Waals surface area contributed by atoms with Crippen LogP contribution in [-0.2, 0) is 11.2 Å².